The second-order valence-corrected chi connectivity index (χ2v) is 6.36. The summed E-state index contributed by atoms with van der Waals surface area (Å²) < 4.78 is 18.4. The smallest absolute Gasteiger partial charge is 0.324 e. The molecule has 0 spiro atoms. The van der Waals surface area contributed by atoms with Gasteiger partial charge in [-0.05, 0) is 19.1 Å². The highest BCUT2D eigenvalue weighted by atomic mass is 32.2. The Balaban J connectivity index is 1.69. The molecule has 1 fully saturated rings. The summed E-state index contributed by atoms with van der Waals surface area (Å²) in [6.45, 7) is 1.96. The molecule has 2 N–H and O–H groups in total. The van der Waals surface area contributed by atoms with Crippen LogP contribution in [-0.2, 0) is 19.1 Å². The van der Waals surface area contributed by atoms with E-state index < -0.39 is 35.7 Å². The summed E-state index contributed by atoms with van der Waals surface area (Å²) in [6, 6.07) is 5.22. The molecule has 0 unspecified atom stereocenters. The van der Waals surface area contributed by atoms with Crippen LogP contribution < -0.4 is 10.6 Å². The number of benzene rings is 1. The number of para-hydroxylation sites is 1. The highest BCUT2D eigenvalue weighted by molar-refractivity contribution is 8.00. The third kappa shape index (κ3) is 5.45. The van der Waals surface area contributed by atoms with Crippen molar-refractivity contribution < 1.29 is 28.3 Å². The Morgan fingerprint density at radius 1 is 1.35 bits per heavy atom. The van der Waals surface area contributed by atoms with Gasteiger partial charge in [-0.1, -0.05) is 12.1 Å². The van der Waals surface area contributed by atoms with E-state index in [2.05, 4.69) is 10.6 Å². The predicted octanol–water partition coefficient (Wildman–Crippen LogP) is 0.981. The summed E-state index contributed by atoms with van der Waals surface area (Å²) in [5.41, 5.74) is 0.0591. The van der Waals surface area contributed by atoms with Crippen LogP contribution >= 0.6 is 11.8 Å². The maximum atomic E-state index is 13.4. The minimum Gasteiger partial charge on any atom is -0.452 e. The van der Waals surface area contributed by atoms with Crippen molar-refractivity contribution in [3.05, 3.63) is 30.1 Å². The van der Waals surface area contributed by atoms with Crippen LogP contribution in [0, 0.1) is 5.82 Å². The number of imide groups is 1. The van der Waals surface area contributed by atoms with Gasteiger partial charge in [0.15, 0.2) is 6.10 Å². The van der Waals surface area contributed by atoms with E-state index in [-0.39, 0.29) is 23.7 Å². The minimum absolute atomic E-state index is 0.0591. The first kappa shape index (κ1) is 19.7. The SMILES string of the molecule is C[C@@H](OC(=O)CSCC(=O)Nc1ccccc1F)C(=O)N1CCNC1=O. The fourth-order valence-electron chi connectivity index (χ4n) is 2.16. The fourth-order valence-corrected chi connectivity index (χ4v) is 2.75. The average molecular weight is 383 g/mol. The van der Waals surface area contributed by atoms with Crippen molar-refractivity contribution in [2.24, 2.45) is 0 Å². The number of ether oxygens (including phenoxy) is 1. The van der Waals surface area contributed by atoms with Crippen molar-refractivity contribution in [1.29, 1.82) is 0 Å². The first-order valence-corrected chi connectivity index (χ1v) is 8.94. The molecule has 10 heteroatoms. The Labute approximate surface area is 153 Å². The van der Waals surface area contributed by atoms with Gasteiger partial charge in [0.1, 0.15) is 5.82 Å². The molecule has 0 saturated carbocycles. The molecule has 1 saturated heterocycles. The molecule has 1 aromatic carbocycles. The van der Waals surface area contributed by atoms with Gasteiger partial charge in [-0.2, -0.15) is 0 Å². The molecular weight excluding hydrogens is 365 g/mol. The number of esters is 1. The standard InChI is InChI=1S/C16H18FN3O5S/c1-10(15(23)20-7-6-18-16(20)24)25-14(22)9-26-8-13(21)19-12-5-3-2-4-11(12)17/h2-5,10H,6-9H2,1H3,(H,18,24)(H,19,21)/t10-/m1/s1. The van der Waals surface area contributed by atoms with E-state index in [1.165, 1.54) is 25.1 Å². The largest absolute Gasteiger partial charge is 0.452 e. The van der Waals surface area contributed by atoms with E-state index in [1.807, 2.05) is 0 Å². The van der Waals surface area contributed by atoms with Crippen molar-refractivity contribution in [2.75, 3.05) is 29.9 Å². The predicted molar refractivity (Wildman–Crippen MR) is 93.0 cm³/mol. The van der Waals surface area contributed by atoms with Crippen molar-refractivity contribution in [3.63, 3.8) is 0 Å². The van der Waals surface area contributed by atoms with Gasteiger partial charge >= 0.3 is 12.0 Å². The van der Waals surface area contributed by atoms with Crippen LogP contribution in [0.25, 0.3) is 0 Å². The van der Waals surface area contributed by atoms with E-state index in [4.69, 9.17) is 4.74 Å². The van der Waals surface area contributed by atoms with E-state index in [9.17, 15) is 23.6 Å². The lowest BCUT2D eigenvalue weighted by Crippen LogP contribution is -2.42. The van der Waals surface area contributed by atoms with Crippen molar-refractivity contribution in [2.45, 2.75) is 13.0 Å². The number of nitrogens with zero attached hydrogens (tertiary/aromatic N) is 1. The maximum absolute atomic E-state index is 13.4. The van der Waals surface area contributed by atoms with Crippen molar-refractivity contribution in [1.82, 2.24) is 10.2 Å². The molecule has 1 aliphatic rings. The monoisotopic (exact) mass is 383 g/mol. The zero-order valence-corrected chi connectivity index (χ0v) is 14.8. The molecule has 0 aliphatic carbocycles. The highest BCUT2D eigenvalue weighted by Gasteiger charge is 2.31. The summed E-state index contributed by atoms with van der Waals surface area (Å²) in [5, 5.41) is 4.87. The number of carbonyl (C=O) groups is 4. The number of nitrogens with one attached hydrogen (secondary N) is 2. The maximum Gasteiger partial charge on any atom is 0.324 e. The number of thioether (sulfide) groups is 1. The quantitative estimate of drug-likeness (QED) is 0.680. The van der Waals surface area contributed by atoms with Crippen LogP contribution in [0.5, 0.6) is 0 Å². The van der Waals surface area contributed by atoms with Crippen LogP contribution in [0.4, 0.5) is 14.9 Å². The summed E-state index contributed by atoms with van der Waals surface area (Å²) in [7, 11) is 0. The minimum atomic E-state index is -1.10. The lowest BCUT2D eigenvalue weighted by atomic mass is 10.3. The van der Waals surface area contributed by atoms with E-state index in [0.717, 1.165) is 16.7 Å². The fraction of sp³-hybridized carbons (Fsp3) is 0.375. The van der Waals surface area contributed by atoms with Gasteiger partial charge in [-0.3, -0.25) is 19.3 Å². The van der Waals surface area contributed by atoms with Crippen molar-refractivity contribution >= 4 is 41.3 Å². The van der Waals surface area contributed by atoms with Gasteiger partial charge in [0.05, 0.1) is 17.2 Å². The number of amides is 4. The van der Waals surface area contributed by atoms with Gasteiger partial charge in [0, 0.05) is 13.1 Å². The van der Waals surface area contributed by atoms with Gasteiger partial charge in [-0.15, -0.1) is 11.8 Å². The molecule has 1 heterocycles. The highest BCUT2D eigenvalue weighted by Crippen LogP contribution is 2.13. The van der Waals surface area contributed by atoms with Crippen LogP contribution in [0.15, 0.2) is 24.3 Å². The Morgan fingerprint density at radius 2 is 2.08 bits per heavy atom. The van der Waals surface area contributed by atoms with E-state index in [0.29, 0.717) is 6.54 Å². The van der Waals surface area contributed by atoms with Crippen LogP contribution in [0.2, 0.25) is 0 Å². The first-order chi connectivity index (χ1) is 12.4. The number of anilines is 1. The Hall–Kier alpha value is -2.62. The van der Waals surface area contributed by atoms with Crippen molar-refractivity contribution in [3.8, 4) is 0 Å². The molecule has 26 heavy (non-hydrogen) atoms. The summed E-state index contributed by atoms with van der Waals surface area (Å²) >= 11 is 0.968. The number of halogens is 1. The molecule has 0 radical (unpaired) electrons. The van der Waals surface area contributed by atoms with E-state index in [1.54, 1.807) is 6.07 Å². The average Bonchev–Trinajstić information content (AvgIpc) is 3.02. The lowest BCUT2D eigenvalue weighted by Gasteiger charge is -2.18. The van der Waals surface area contributed by atoms with E-state index >= 15 is 0 Å². The normalized spacial score (nSPS) is 14.5. The van der Waals surface area contributed by atoms with Gasteiger partial charge < -0.3 is 15.4 Å². The number of carbonyl (C=O) groups excluding carboxylic acids is 4. The zero-order valence-electron chi connectivity index (χ0n) is 14.0. The van der Waals surface area contributed by atoms with Gasteiger partial charge in [0.25, 0.3) is 5.91 Å². The Bertz CT molecular complexity index is 715. The van der Waals surface area contributed by atoms with Crippen LogP contribution in [-0.4, -0.2) is 59.4 Å². The van der Waals surface area contributed by atoms with Crippen LogP contribution in [0.3, 0.4) is 0 Å². The molecule has 0 bridgehead atoms. The number of urea groups is 1. The Kier molecular flexibility index (Phi) is 6.96. The topological polar surface area (TPSA) is 105 Å². The summed E-state index contributed by atoms with van der Waals surface area (Å²) in [4.78, 5) is 47.8. The lowest BCUT2D eigenvalue weighted by molar-refractivity contribution is -0.155. The van der Waals surface area contributed by atoms with Gasteiger partial charge in [-0.25, -0.2) is 9.18 Å². The second-order valence-electron chi connectivity index (χ2n) is 5.37. The Morgan fingerprint density at radius 3 is 2.73 bits per heavy atom. The molecule has 0 aromatic heterocycles. The summed E-state index contributed by atoms with van der Waals surface area (Å²) in [6.07, 6.45) is -1.10. The molecule has 1 atom stereocenters. The molecule has 140 valence electrons. The first-order valence-electron chi connectivity index (χ1n) is 7.79. The number of hydrogen-bond acceptors (Lipinski definition) is 6. The third-order valence-corrected chi connectivity index (χ3v) is 4.29. The molecule has 1 aromatic rings. The number of rotatable bonds is 7. The molecule has 2 rings (SSSR count). The van der Waals surface area contributed by atoms with Gasteiger partial charge in [0.2, 0.25) is 5.91 Å². The second kappa shape index (κ2) is 9.18. The third-order valence-electron chi connectivity index (χ3n) is 3.38. The van der Waals surface area contributed by atoms with Crippen LogP contribution in [0.1, 0.15) is 6.92 Å². The summed E-state index contributed by atoms with van der Waals surface area (Å²) in [5.74, 6) is -2.55. The molecule has 4 amide bonds. The number of hydrogen-bond donors (Lipinski definition) is 2. The molecular formula is C16H18FN3O5S. The molecule has 1 aliphatic heterocycles. The molecule has 8 nitrogen and oxygen atoms in total. The zero-order chi connectivity index (χ0) is 19.1.